The van der Waals surface area contributed by atoms with Gasteiger partial charge >= 0.3 is 0 Å². The second-order valence-electron chi connectivity index (χ2n) is 7.94. The molecule has 0 bridgehead atoms. The van der Waals surface area contributed by atoms with Gasteiger partial charge in [-0.2, -0.15) is 0 Å². The van der Waals surface area contributed by atoms with E-state index in [2.05, 4.69) is 65.6 Å². The van der Waals surface area contributed by atoms with Crippen LogP contribution in [-0.4, -0.2) is 23.2 Å². The summed E-state index contributed by atoms with van der Waals surface area (Å²) in [5, 5.41) is 8.79. The molecule has 2 nitrogen and oxygen atoms in total. The Hall–Kier alpha value is -1.64. The first-order valence-electron chi connectivity index (χ1n) is 11.3. The average molecular weight is 382 g/mol. The molecule has 0 aliphatic carbocycles. The number of nitrogens with zero attached hydrogens (tertiary/aromatic N) is 1. The second-order valence-corrected chi connectivity index (χ2v) is 7.94. The predicted molar refractivity (Wildman–Crippen MR) is 120 cm³/mol. The van der Waals surface area contributed by atoms with Crippen LogP contribution in [0.15, 0.2) is 60.7 Å². The molecule has 2 aromatic rings. The Labute approximate surface area is 172 Å². The van der Waals surface area contributed by atoms with E-state index in [4.69, 9.17) is 5.11 Å². The Morgan fingerprint density at radius 1 is 0.500 bits per heavy atom. The molecule has 0 heterocycles. The van der Waals surface area contributed by atoms with Crippen LogP contribution in [0, 0.1) is 0 Å². The lowest BCUT2D eigenvalue weighted by atomic mass is 10.1. The molecular weight excluding hydrogens is 342 g/mol. The highest BCUT2D eigenvalue weighted by Gasteiger charge is 2.07. The van der Waals surface area contributed by atoms with Gasteiger partial charge in [-0.15, -0.1) is 0 Å². The fourth-order valence-electron chi connectivity index (χ4n) is 3.76. The normalized spacial score (nSPS) is 11.2. The van der Waals surface area contributed by atoms with Gasteiger partial charge in [0.1, 0.15) is 0 Å². The number of benzene rings is 2. The van der Waals surface area contributed by atoms with Crippen LogP contribution in [0.1, 0.15) is 75.3 Å². The number of unbranched alkanes of at least 4 members (excludes halogenated alkanes) is 9. The Morgan fingerprint density at radius 3 is 1.32 bits per heavy atom. The van der Waals surface area contributed by atoms with E-state index in [0.29, 0.717) is 6.61 Å². The van der Waals surface area contributed by atoms with Crippen LogP contribution in [0.5, 0.6) is 0 Å². The summed E-state index contributed by atoms with van der Waals surface area (Å²) in [5.74, 6) is 0. The van der Waals surface area contributed by atoms with Gasteiger partial charge in [0.05, 0.1) is 0 Å². The lowest BCUT2D eigenvalue weighted by molar-refractivity contribution is 0.250. The molecule has 0 saturated heterocycles. The van der Waals surface area contributed by atoms with Crippen molar-refractivity contribution < 1.29 is 5.11 Å². The lowest BCUT2D eigenvalue weighted by Gasteiger charge is -2.22. The maximum absolute atomic E-state index is 8.79. The minimum Gasteiger partial charge on any atom is -0.396 e. The minimum atomic E-state index is 0.353. The number of aliphatic hydroxyl groups excluding tert-OH is 1. The first-order chi connectivity index (χ1) is 13.9. The van der Waals surface area contributed by atoms with Gasteiger partial charge in [-0.1, -0.05) is 112 Å². The highest BCUT2D eigenvalue weighted by atomic mass is 16.2. The summed E-state index contributed by atoms with van der Waals surface area (Å²) in [6.07, 6.45) is 12.9. The summed E-state index contributed by atoms with van der Waals surface area (Å²) in [4.78, 5) is 2.59. The molecule has 154 valence electrons. The van der Waals surface area contributed by atoms with E-state index in [1.165, 1.54) is 75.5 Å². The van der Waals surface area contributed by atoms with Crippen LogP contribution < -0.4 is 0 Å². The minimum absolute atomic E-state index is 0.353. The summed E-state index contributed by atoms with van der Waals surface area (Å²) >= 11 is 0. The monoisotopic (exact) mass is 381 g/mol. The van der Waals surface area contributed by atoms with Crippen LogP contribution in [0.2, 0.25) is 0 Å². The van der Waals surface area contributed by atoms with Crippen molar-refractivity contribution in [1.82, 2.24) is 4.90 Å². The molecule has 2 aromatic carbocycles. The Kier molecular flexibility index (Phi) is 12.4. The maximum Gasteiger partial charge on any atom is 0.0431 e. The highest BCUT2D eigenvalue weighted by Crippen LogP contribution is 2.14. The van der Waals surface area contributed by atoms with Crippen LogP contribution in [0.4, 0.5) is 0 Å². The third kappa shape index (κ3) is 10.6. The van der Waals surface area contributed by atoms with E-state index in [0.717, 1.165) is 19.5 Å². The number of aliphatic hydroxyl groups is 1. The molecule has 1 N–H and O–H groups in total. The zero-order chi connectivity index (χ0) is 19.7. The van der Waals surface area contributed by atoms with Gasteiger partial charge in [0, 0.05) is 19.7 Å². The van der Waals surface area contributed by atoms with Gasteiger partial charge < -0.3 is 5.11 Å². The largest absolute Gasteiger partial charge is 0.396 e. The molecule has 2 heteroatoms. The van der Waals surface area contributed by atoms with Gasteiger partial charge in [0.25, 0.3) is 0 Å². The van der Waals surface area contributed by atoms with Gasteiger partial charge in [0.2, 0.25) is 0 Å². The van der Waals surface area contributed by atoms with Gasteiger partial charge in [0.15, 0.2) is 0 Å². The van der Waals surface area contributed by atoms with E-state index < -0.39 is 0 Å². The summed E-state index contributed by atoms with van der Waals surface area (Å²) in [6.45, 7) is 3.59. The molecule has 0 aliphatic heterocycles. The maximum atomic E-state index is 8.79. The molecule has 0 fully saturated rings. The lowest BCUT2D eigenvalue weighted by Crippen LogP contribution is -2.24. The van der Waals surface area contributed by atoms with E-state index in [9.17, 15) is 0 Å². The molecular formula is C26H39NO. The number of hydrogen-bond donors (Lipinski definition) is 1. The summed E-state index contributed by atoms with van der Waals surface area (Å²) in [7, 11) is 0. The quantitative estimate of drug-likeness (QED) is 0.332. The second kappa shape index (κ2) is 15.3. The van der Waals surface area contributed by atoms with Gasteiger partial charge in [-0.3, -0.25) is 4.90 Å². The molecule has 0 atom stereocenters. The molecule has 0 amide bonds. The number of rotatable bonds is 16. The SMILES string of the molecule is OCCCCCCCCCCCCN(Cc1ccccc1)Cc1ccccc1. The predicted octanol–water partition coefficient (Wildman–Crippen LogP) is 6.58. The first-order valence-corrected chi connectivity index (χ1v) is 11.3. The van der Waals surface area contributed by atoms with Crippen molar-refractivity contribution in [1.29, 1.82) is 0 Å². The van der Waals surface area contributed by atoms with Gasteiger partial charge in [-0.05, 0) is 30.5 Å². The van der Waals surface area contributed by atoms with E-state index in [-0.39, 0.29) is 0 Å². The third-order valence-electron chi connectivity index (χ3n) is 5.38. The molecule has 2 rings (SSSR count). The molecule has 0 aliphatic rings. The van der Waals surface area contributed by atoms with Crippen molar-refractivity contribution in [2.75, 3.05) is 13.2 Å². The van der Waals surface area contributed by atoms with E-state index in [1.807, 2.05) is 0 Å². The topological polar surface area (TPSA) is 23.5 Å². The van der Waals surface area contributed by atoms with Crippen LogP contribution in [0.3, 0.4) is 0 Å². The van der Waals surface area contributed by atoms with E-state index in [1.54, 1.807) is 0 Å². The molecule has 0 saturated carbocycles. The van der Waals surface area contributed by atoms with Crippen LogP contribution >= 0.6 is 0 Å². The number of hydrogen-bond acceptors (Lipinski definition) is 2. The van der Waals surface area contributed by atoms with Crippen molar-refractivity contribution in [2.24, 2.45) is 0 Å². The van der Waals surface area contributed by atoms with Crippen molar-refractivity contribution in [3.05, 3.63) is 71.8 Å². The van der Waals surface area contributed by atoms with Crippen LogP contribution in [0.25, 0.3) is 0 Å². The zero-order valence-electron chi connectivity index (χ0n) is 17.6. The summed E-state index contributed by atoms with van der Waals surface area (Å²) in [6, 6.07) is 21.7. The molecule has 0 unspecified atom stereocenters. The van der Waals surface area contributed by atoms with Crippen molar-refractivity contribution >= 4 is 0 Å². The first kappa shape index (κ1) is 22.6. The molecule has 0 aromatic heterocycles. The third-order valence-corrected chi connectivity index (χ3v) is 5.38. The molecule has 28 heavy (non-hydrogen) atoms. The summed E-state index contributed by atoms with van der Waals surface area (Å²) < 4.78 is 0. The smallest absolute Gasteiger partial charge is 0.0431 e. The van der Waals surface area contributed by atoms with Crippen molar-refractivity contribution in [2.45, 2.75) is 77.3 Å². The Balaban J connectivity index is 1.62. The average Bonchev–Trinajstić information content (AvgIpc) is 2.73. The fourth-order valence-corrected chi connectivity index (χ4v) is 3.76. The summed E-state index contributed by atoms with van der Waals surface area (Å²) in [5.41, 5.74) is 2.80. The van der Waals surface area contributed by atoms with Crippen molar-refractivity contribution in [3.63, 3.8) is 0 Å². The van der Waals surface area contributed by atoms with Gasteiger partial charge in [-0.25, -0.2) is 0 Å². The fraction of sp³-hybridized carbons (Fsp3) is 0.538. The molecule has 0 spiro atoms. The standard InChI is InChI=1S/C26H39NO/c28-22-16-8-6-4-2-1-3-5-7-15-21-27(23-25-17-11-9-12-18-25)24-26-19-13-10-14-20-26/h9-14,17-20,28H,1-8,15-16,21-24H2. The van der Waals surface area contributed by atoms with Crippen molar-refractivity contribution in [3.8, 4) is 0 Å². The molecule has 0 radical (unpaired) electrons. The van der Waals surface area contributed by atoms with E-state index >= 15 is 0 Å². The van der Waals surface area contributed by atoms with Crippen LogP contribution in [-0.2, 0) is 13.1 Å². The highest BCUT2D eigenvalue weighted by molar-refractivity contribution is 5.17. The zero-order valence-corrected chi connectivity index (χ0v) is 17.6. The Morgan fingerprint density at radius 2 is 0.893 bits per heavy atom. The Bertz CT molecular complexity index is 542.